The number of nitrogens with one attached hydrogen (secondary N) is 1. The fourth-order valence-electron chi connectivity index (χ4n) is 3.42. The van der Waals surface area contributed by atoms with Gasteiger partial charge < -0.3 is 16.0 Å². The zero-order valence-electron chi connectivity index (χ0n) is 16.2. The van der Waals surface area contributed by atoms with Crippen LogP contribution in [0.15, 0.2) is 12.1 Å². The van der Waals surface area contributed by atoms with E-state index < -0.39 is 0 Å². The van der Waals surface area contributed by atoms with E-state index in [2.05, 4.69) is 31.0 Å². The lowest BCUT2D eigenvalue weighted by molar-refractivity contribution is -0.119. The minimum atomic E-state index is -0.0574. The SMILES string of the molecule is CC(=O)NCc1cc(Cl)cc(Cl)c1C1CCN(CC(N)C(C)(C)C)CC1. The van der Waals surface area contributed by atoms with Crippen molar-refractivity contribution in [3.63, 3.8) is 0 Å². The number of halogens is 2. The number of rotatable bonds is 5. The summed E-state index contributed by atoms with van der Waals surface area (Å²) < 4.78 is 0. The fraction of sp³-hybridized carbons (Fsp3) is 0.650. The molecule has 146 valence electrons. The van der Waals surface area contributed by atoms with Crippen LogP contribution in [0.3, 0.4) is 0 Å². The third-order valence-electron chi connectivity index (χ3n) is 5.27. The molecule has 1 aliphatic heterocycles. The van der Waals surface area contributed by atoms with Crippen LogP contribution >= 0.6 is 23.2 Å². The predicted molar refractivity (Wildman–Crippen MR) is 110 cm³/mol. The van der Waals surface area contributed by atoms with Gasteiger partial charge in [-0.25, -0.2) is 0 Å². The third kappa shape index (κ3) is 5.85. The Bertz CT molecular complexity index is 635. The Morgan fingerprint density at radius 2 is 1.92 bits per heavy atom. The Morgan fingerprint density at radius 3 is 2.46 bits per heavy atom. The molecule has 0 saturated carbocycles. The van der Waals surface area contributed by atoms with Gasteiger partial charge in [-0.2, -0.15) is 0 Å². The second-order valence-electron chi connectivity index (χ2n) is 8.42. The van der Waals surface area contributed by atoms with Gasteiger partial charge in [-0.1, -0.05) is 44.0 Å². The number of benzene rings is 1. The van der Waals surface area contributed by atoms with Crippen LogP contribution in [0.4, 0.5) is 0 Å². The Balaban J connectivity index is 2.07. The second kappa shape index (κ2) is 8.92. The van der Waals surface area contributed by atoms with Gasteiger partial charge in [0.15, 0.2) is 0 Å². The first-order valence-electron chi connectivity index (χ1n) is 9.28. The van der Waals surface area contributed by atoms with E-state index in [9.17, 15) is 4.79 Å². The van der Waals surface area contributed by atoms with Gasteiger partial charge in [0.25, 0.3) is 0 Å². The highest BCUT2D eigenvalue weighted by atomic mass is 35.5. The van der Waals surface area contributed by atoms with Gasteiger partial charge in [-0.3, -0.25) is 4.79 Å². The topological polar surface area (TPSA) is 58.4 Å². The molecule has 6 heteroatoms. The predicted octanol–water partition coefficient (Wildman–Crippen LogP) is 4.18. The molecular formula is C20H31Cl2N3O. The Hall–Kier alpha value is -0.810. The van der Waals surface area contributed by atoms with Crippen LogP contribution in [-0.4, -0.2) is 36.5 Å². The van der Waals surface area contributed by atoms with Crippen LogP contribution in [-0.2, 0) is 11.3 Å². The summed E-state index contributed by atoms with van der Waals surface area (Å²) in [6.45, 7) is 11.5. The van der Waals surface area contributed by atoms with E-state index in [1.807, 2.05) is 6.07 Å². The maximum absolute atomic E-state index is 11.3. The number of carbonyl (C=O) groups excluding carboxylic acids is 1. The molecule has 1 unspecified atom stereocenters. The first kappa shape index (κ1) is 21.5. The largest absolute Gasteiger partial charge is 0.352 e. The monoisotopic (exact) mass is 399 g/mol. The van der Waals surface area contributed by atoms with E-state index in [4.69, 9.17) is 28.9 Å². The number of hydrogen-bond donors (Lipinski definition) is 2. The Morgan fingerprint density at radius 1 is 1.31 bits per heavy atom. The maximum atomic E-state index is 11.3. The lowest BCUT2D eigenvalue weighted by Crippen LogP contribution is -2.47. The van der Waals surface area contributed by atoms with E-state index in [-0.39, 0.29) is 17.4 Å². The highest BCUT2D eigenvalue weighted by molar-refractivity contribution is 6.35. The number of nitrogens with zero attached hydrogens (tertiary/aromatic N) is 1. The van der Waals surface area contributed by atoms with Crippen molar-refractivity contribution in [1.82, 2.24) is 10.2 Å². The highest BCUT2D eigenvalue weighted by Gasteiger charge is 2.28. The van der Waals surface area contributed by atoms with Gasteiger partial charge in [0.2, 0.25) is 5.91 Å². The molecule has 0 aliphatic carbocycles. The molecule has 1 amide bonds. The molecule has 1 heterocycles. The molecule has 1 saturated heterocycles. The molecule has 0 spiro atoms. The van der Waals surface area contributed by atoms with Crippen LogP contribution < -0.4 is 11.1 Å². The number of carbonyl (C=O) groups is 1. The molecule has 0 bridgehead atoms. The quantitative estimate of drug-likeness (QED) is 0.780. The number of piperidine rings is 1. The minimum Gasteiger partial charge on any atom is -0.352 e. The normalized spacial score (nSPS) is 18.0. The van der Waals surface area contributed by atoms with Crippen LogP contribution in [0.1, 0.15) is 57.6 Å². The average molecular weight is 400 g/mol. The number of nitrogens with two attached hydrogens (primary N) is 1. The van der Waals surface area contributed by atoms with E-state index in [0.29, 0.717) is 22.5 Å². The van der Waals surface area contributed by atoms with Crippen LogP contribution in [0.5, 0.6) is 0 Å². The van der Waals surface area contributed by atoms with E-state index in [0.717, 1.165) is 43.6 Å². The van der Waals surface area contributed by atoms with E-state index >= 15 is 0 Å². The molecule has 2 rings (SSSR count). The van der Waals surface area contributed by atoms with Crippen LogP contribution in [0, 0.1) is 5.41 Å². The minimum absolute atomic E-state index is 0.0574. The standard InChI is InChI=1S/C20H31Cl2N3O/c1-13(26)24-11-15-9-16(21)10-17(22)19(15)14-5-7-25(8-6-14)12-18(23)20(2,3)4/h9-10,14,18H,5-8,11-12,23H2,1-4H3,(H,24,26). The van der Waals surface area contributed by atoms with Crippen molar-refractivity contribution in [2.24, 2.45) is 11.1 Å². The lowest BCUT2D eigenvalue weighted by Gasteiger charge is -2.37. The van der Waals surface area contributed by atoms with Gasteiger partial charge >= 0.3 is 0 Å². The van der Waals surface area contributed by atoms with Gasteiger partial charge in [0.05, 0.1) is 0 Å². The van der Waals surface area contributed by atoms with E-state index in [1.54, 1.807) is 6.07 Å². The van der Waals surface area contributed by atoms with Gasteiger partial charge in [0.1, 0.15) is 0 Å². The molecule has 1 aliphatic rings. The van der Waals surface area contributed by atoms with Crippen molar-refractivity contribution in [2.45, 2.75) is 59.0 Å². The van der Waals surface area contributed by atoms with Crippen molar-refractivity contribution in [2.75, 3.05) is 19.6 Å². The fourth-order valence-corrected chi connectivity index (χ4v) is 4.11. The first-order valence-corrected chi connectivity index (χ1v) is 10.0. The molecule has 1 aromatic rings. The summed E-state index contributed by atoms with van der Waals surface area (Å²) in [5.74, 6) is 0.323. The molecule has 0 aromatic heterocycles. The smallest absolute Gasteiger partial charge is 0.217 e. The number of likely N-dealkylation sites (tertiary alicyclic amines) is 1. The molecule has 1 fully saturated rings. The molecule has 4 nitrogen and oxygen atoms in total. The lowest BCUT2D eigenvalue weighted by atomic mass is 9.84. The summed E-state index contributed by atoms with van der Waals surface area (Å²) in [6, 6.07) is 3.88. The van der Waals surface area contributed by atoms with Crippen molar-refractivity contribution in [1.29, 1.82) is 0 Å². The van der Waals surface area contributed by atoms with Crippen molar-refractivity contribution < 1.29 is 4.79 Å². The summed E-state index contributed by atoms with van der Waals surface area (Å²) in [7, 11) is 0. The summed E-state index contributed by atoms with van der Waals surface area (Å²) in [4.78, 5) is 13.8. The first-order chi connectivity index (χ1) is 12.1. The zero-order chi connectivity index (χ0) is 19.5. The molecular weight excluding hydrogens is 369 g/mol. The molecule has 0 radical (unpaired) electrons. The summed E-state index contributed by atoms with van der Waals surface area (Å²) in [6.07, 6.45) is 2.07. The molecule has 1 atom stereocenters. The van der Waals surface area contributed by atoms with Crippen molar-refractivity contribution >= 4 is 29.1 Å². The average Bonchev–Trinajstić information content (AvgIpc) is 2.52. The summed E-state index contributed by atoms with van der Waals surface area (Å²) in [5.41, 5.74) is 8.60. The maximum Gasteiger partial charge on any atom is 0.217 e. The van der Waals surface area contributed by atoms with Crippen molar-refractivity contribution in [3.8, 4) is 0 Å². The van der Waals surface area contributed by atoms with Crippen molar-refractivity contribution in [3.05, 3.63) is 33.3 Å². The van der Waals surface area contributed by atoms with E-state index in [1.165, 1.54) is 6.92 Å². The molecule has 1 aromatic carbocycles. The van der Waals surface area contributed by atoms with Gasteiger partial charge in [-0.15, -0.1) is 0 Å². The second-order valence-corrected chi connectivity index (χ2v) is 9.26. The highest BCUT2D eigenvalue weighted by Crippen LogP contribution is 2.37. The van der Waals surface area contributed by atoms with Crippen LogP contribution in [0.2, 0.25) is 10.0 Å². The molecule has 26 heavy (non-hydrogen) atoms. The van der Waals surface area contributed by atoms with Gasteiger partial charge in [0, 0.05) is 36.1 Å². The molecule has 3 N–H and O–H groups in total. The Kier molecular flexibility index (Phi) is 7.37. The summed E-state index contributed by atoms with van der Waals surface area (Å²) >= 11 is 12.7. The number of amides is 1. The Labute approximate surface area is 167 Å². The summed E-state index contributed by atoms with van der Waals surface area (Å²) in [5, 5.41) is 4.17. The third-order valence-corrected chi connectivity index (χ3v) is 5.80. The zero-order valence-corrected chi connectivity index (χ0v) is 17.8. The van der Waals surface area contributed by atoms with Crippen LogP contribution in [0.25, 0.3) is 0 Å². The van der Waals surface area contributed by atoms with Gasteiger partial charge in [-0.05, 0) is 60.5 Å². The number of hydrogen-bond acceptors (Lipinski definition) is 3.